The zero-order chi connectivity index (χ0) is 12.3. The molecule has 1 atom stereocenters. The Balaban J connectivity index is 2.16. The van der Waals surface area contributed by atoms with Crippen molar-refractivity contribution in [3.05, 3.63) is 46.5 Å². The van der Waals surface area contributed by atoms with Crippen LogP contribution in [0.2, 0.25) is 0 Å². The molecule has 0 radical (unpaired) electrons. The van der Waals surface area contributed by atoms with Crippen LogP contribution in [-0.4, -0.2) is 9.59 Å². The van der Waals surface area contributed by atoms with Gasteiger partial charge in [0.2, 0.25) is 0 Å². The normalized spacial score (nSPS) is 12.6. The molecule has 0 bridgehead atoms. The van der Waals surface area contributed by atoms with Crippen molar-refractivity contribution in [2.75, 3.05) is 0 Å². The minimum atomic E-state index is -0.866. The van der Waals surface area contributed by atoms with Gasteiger partial charge < -0.3 is 0 Å². The van der Waals surface area contributed by atoms with Crippen molar-refractivity contribution in [1.82, 2.24) is 15.0 Å². The lowest BCUT2D eigenvalue weighted by Crippen LogP contribution is -2.29. The first kappa shape index (κ1) is 12.0. The molecule has 0 spiro atoms. The van der Waals surface area contributed by atoms with E-state index < -0.39 is 11.6 Å². The molecular formula is C10H10F2N4S. The predicted octanol–water partition coefficient (Wildman–Crippen LogP) is 1.56. The van der Waals surface area contributed by atoms with Crippen LogP contribution in [0, 0.1) is 11.6 Å². The van der Waals surface area contributed by atoms with Gasteiger partial charge >= 0.3 is 0 Å². The first-order valence-corrected chi connectivity index (χ1v) is 5.71. The zero-order valence-electron chi connectivity index (χ0n) is 8.73. The Labute approximate surface area is 101 Å². The van der Waals surface area contributed by atoms with Gasteiger partial charge in [0.1, 0.15) is 0 Å². The summed E-state index contributed by atoms with van der Waals surface area (Å²) in [7, 11) is 0. The monoisotopic (exact) mass is 256 g/mol. The molecule has 1 aromatic carbocycles. The molecule has 1 aromatic heterocycles. The number of halogens is 2. The van der Waals surface area contributed by atoms with Crippen LogP contribution in [0.5, 0.6) is 0 Å². The fourth-order valence-electron chi connectivity index (χ4n) is 1.47. The molecule has 2 rings (SSSR count). The Morgan fingerprint density at radius 2 is 2.18 bits per heavy atom. The van der Waals surface area contributed by atoms with E-state index >= 15 is 0 Å². The molecular weight excluding hydrogens is 246 g/mol. The first-order valence-electron chi connectivity index (χ1n) is 4.87. The van der Waals surface area contributed by atoms with E-state index in [0.717, 1.165) is 12.1 Å². The molecule has 3 N–H and O–H groups in total. The van der Waals surface area contributed by atoms with E-state index in [4.69, 9.17) is 5.84 Å². The summed E-state index contributed by atoms with van der Waals surface area (Å²) in [6, 6.07) is 3.50. The van der Waals surface area contributed by atoms with Crippen molar-refractivity contribution in [2.24, 2.45) is 5.84 Å². The van der Waals surface area contributed by atoms with E-state index in [1.807, 2.05) is 0 Å². The maximum Gasteiger partial charge on any atom is 0.159 e. The molecule has 90 valence electrons. The van der Waals surface area contributed by atoms with Gasteiger partial charge in [-0.05, 0) is 35.6 Å². The van der Waals surface area contributed by atoms with Crippen LogP contribution < -0.4 is 11.3 Å². The minimum absolute atomic E-state index is 0.265. The Kier molecular flexibility index (Phi) is 3.72. The minimum Gasteiger partial charge on any atom is -0.271 e. The molecule has 0 aliphatic heterocycles. The second kappa shape index (κ2) is 5.26. The molecule has 0 aliphatic carbocycles. The van der Waals surface area contributed by atoms with E-state index in [1.165, 1.54) is 17.6 Å². The van der Waals surface area contributed by atoms with Crippen molar-refractivity contribution in [2.45, 2.75) is 12.5 Å². The third-order valence-electron chi connectivity index (χ3n) is 2.36. The SMILES string of the molecule is NNC(Cc1ccc(F)c(F)c1)c1csnn1. The van der Waals surface area contributed by atoms with Gasteiger partial charge in [-0.1, -0.05) is 10.6 Å². The predicted molar refractivity (Wildman–Crippen MR) is 60.0 cm³/mol. The summed E-state index contributed by atoms with van der Waals surface area (Å²) in [6.45, 7) is 0. The molecule has 1 unspecified atom stereocenters. The van der Waals surface area contributed by atoms with Gasteiger partial charge in [-0.2, -0.15) is 0 Å². The van der Waals surface area contributed by atoms with Gasteiger partial charge in [0.15, 0.2) is 11.6 Å². The summed E-state index contributed by atoms with van der Waals surface area (Å²) in [5.41, 5.74) is 3.90. The average molecular weight is 256 g/mol. The maximum atomic E-state index is 13.0. The molecule has 17 heavy (non-hydrogen) atoms. The fourth-order valence-corrected chi connectivity index (χ4v) is 1.98. The number of hydrogen-bond donors (Lipinski definition) is 2. The highest BCUT2D eigenvalue weighted by Crippen LogP contribution is 2.18. The molecule has 1 heterocycles. The Morgan fingerprint density at radius 3 is 2.76 bits per heavy atom. The van der Waals surface area contributed by atoms with Gasteiger partial charge in [-0.15, -0.1) is 5.10 Å². The van der Waals surface area contributed by atoms with Crippen LogP contribution in [-0.2, 0) is 6.42 Å². The Hall–Kier alpha value is -1.44. The summed E-state index contributed by atoms with van der Waals surface area (Å²) in [4.78, 5) is 0. The van der Waals surface area contributed by atoms with Crippen molar-refractivity contribution in [1.29, 1.82) is 0 Å². The highest BCUT2D eigenvalue weighted by atomic mass is 32.1. The molecule has 7 heteroatoms. The Morgan fingerprint density at radius 1 is 1.35 bits per heavy atom. The van der Waals surface area contributed by atoms with Crippen LogP contribution in [0.4, 0.5) is 8.78 Å². The number of hydrazine groups is 1. The number of nitrogens with one attached hydrogen (secondary N) is 1. The number of benzene rings is 1. The van der Waals surface area contributed by atoms with Gasteiger partial charge in [0.05, 0.1) is 11.7 Å². The fraction of sp³-hybridized carbons (Fsp3) is 0.200. The highest BCUT2D eigenvalue weighted by Gasteiger charge is 2.14. The van der Waals surface area contributed by atoms with Gasteiger partial charge in [-0.3, -0.25) is 11.3 Å². The van der Waals surface area contributed by atoms with E-state index in [9.17, 15) is 8.78 Å². The van der Waals surface area contributed by atoms with Gasteiger partial charge in [-0.25, -0.2) is 8.78 Å². The standard InChI is InChI=1S/C10H10F2N4S/c11-7-2-1-6(3-8(7)12)4-9(14-13)10-5-17-16-15-10/h1-3,5,9,14H,4,13H2. The lowest BCUT2D eigenvalue weighted by atomic mass is 10.0. The molecule has 2 aromatic rings. The van der Waals surface area contributed by atoms with E-state index in [2.05, 4.69) is 15.0 Å². The van der Waals surface area contributed by atoms with Crippen LogP contribution in [0.3, 0.4) is 0 Å². The van der Waals surface area contributed by atoms with Crippen molar-refractivity contribution in [3.63, 3.8) is 0 Å². The lowest BCUT2D eigenvalue weighted by molar-refractivity contribution is 0.501. The van der Waals surface area contributed by atoms with Crippen LogP contribution >= 0.6 is 11.5 Å². The largest absolute Gasteiger partial charge is 0.271 e. The number of aromatic nitrogens is 2. The smallest absolute Gasteiger partial charge is 0.159 e. The third-order valence-corrected chi connectivity index (χ3v) is 2.88. The quantitative estimate of drug-likeness (QED) is 0.643. The summed E-state index contributed by atoms with van der Waals surface area (Å²) in [5, 5.41) is 5.64. The zero-order valence-corrected chi connectivity index (χ0v) is 9.55. The maximum absolute atomic E-state index is 13.0. The van der Waals surface area contributed by atoms with E-state index in [0.29, 0.717) is 17.7 Å². The van der Waals surface area contributed by atoms with E-state index in [-0.39, 0.29) is 6.04 Å². The summed E-state index contributed by atoms with van der Waals surface area (Å²) in [5.74, 6) is 3.67. The van der Waals surface area contributed by atoms with Crippen molar-refractivity contribution in [3.8, 4) is 0 Å². The molecule has 0 saturated carbocycles. The molecule has 0 saturated heterocycles. The summed E-state index contributed by atoms with van der Waals surface area (Å²) >= 11 is 1.21. The van der Waals surface area contributed by atoms with Crippen molar-refractivity contribution >= 4 is 11.5 Å². The topological polar surface area (TPSA) is 63.8 Å². The highest BCUT2D eigenvalue weighted by molar-refractivity contribution is 7.03. The van der Waals surface area contributed by atoms with Gasteiger partial charge in [0.25, 0.3) is 0 Å². The third kappa shape index (κ3) is 2.82. The number of nitrogens with zero attached hydrogens (tertiary/aromatic N) is 2. The van der Waals surface area contributed by atoms with E-state index in [1.54, 1.807) is 5.38 Å². The summed E-state index contributed by atoms with van der Waals surface area (Å²) < 4.78 is 29.5. The molecule has 0 fully saturated rings. The molecule has 0 aliphatic rings. The number of rotatable bonds is 4. The van der Waals surface area contributed by atoms with Crippen molar-refractivity contribution < 1.29 is 8.78 Å². The molecule has 0 amide bonds. The number of nitrogens with two attached hydrogens (primary N) is 1. The Bertz CT molecular complexity index is 489. The average Bonchev–Trinajstić information content (AvgIpc) is 2.84. The van der Waals surface area contributed by atoms with Crippen LogP contribution in [0.15, 0.2) is 23.6 Å². The first-order chi connectivity index (χ1) is 8.20. The number of hydrogen-bond acceptors (Lipinski definition) is 5. The summed E-state index contributed by atoms with van der Waals surface area (Å²) in [6.07, 6.45) is 0.416. The van der Waals surface area contributed by atoms with Crippen LogP contribution in [0.25, 0.3) is 0 Å². The van der Waals surface area contributed by atoms with Crippen LogP contribution in [0.1, 0.15) is 17.3 Å². The lowest BCUT2D eigenvalue weighted by Gasteiger charge is -2.12. The second-order valence-corrected chi connectivity index (χ2v) is 4.11. The van der Waals surface area contributed by atoms with Gasteiger partial charge in [0, 0.05) is 5.38 Å². The molecule has 4 nitrogen and oxygen atoms in total. The second-order valence-electron chi connectivity index (χ2n) is 3.50.